The van der Waals surface area contributed by atoms with Crippen LogP contribution in [0.4, 0.5) is 4.79 Å². The van der Waals surface area contributed by atoms with Crippen molar-refractivity contribution in [1.29, 1.82) is 0 Å². The van der Waals surface area contributed by atoms with Gasteiger partial charge in [0.05, 0.1) is 20.8 Å². The van der Waals surface area contributed by atoms with Gasteiger partial charge in [-0.05, 0) is 74.7 Å². The molecule has 10 nitrogen and oxygen atoms in total. The topological polar surface area (TPSA) is 117 Å². The second kappa shape index (κ2) is 15.0. The molecule has 0 bridgehead atoms. The zero-order valence-electron chi connectivity index (χ0n) is 30.1. The number of carboxylic acid groups (broad SMARTS) is 1. The average Bonchev–Trinajstić information content (AvgIpc) is 3.73. The van der Waals surface area contributed by atoms with Crippen LogP contribution >= 0.6 is 0 Å². The third-order valence-corrected chi connectivity index (χ3v) is 9.00. The maximum absolute atomic E-state index is 13.9. The number of amides is 1. The lowest BCUT2D eigenvalue weighted by Crippen LogP contribution is -2.40. The number of carbonyl (C=O) groups excluding carboxylic acids is 1. The van der Waals surface area contributed by atoms with E-state index in [1.165, 1.54) is 4.90 Å². The molecule has 1 aliphatic heterocycles. The van der Waals surface area contributed by atoms with E-state index in [9.17, 15) is 14.7 Å². The number of rotatable bonds is 11. The molecular weight excluding hydrogens is 662 g/mol. The fraction of sp³-hybridized carbons (Fsp3) is 0.286. The number of carbonyl (C=O) groups is 2. The van der Waals surface area contributed by atoms with E-state index >= 15 is 0 Å². The molecule has 0 aliphatic carbocycles. The van der Waals surface area contributed by atoms with Gasteiger partial charge in [-0.15, -0.1) is 0 Å². The molecule has 0 radical (unpaired) electrons. The number of nitrogens with zero attached hydrogens (tertiary/aromatic N) is 1. The standard InChI is InChI=1S/C42H43NO9/c1-27-29(26-49-42(30-13-9-7-10-14-30,31-15-11-8-12-16-31)32-19-23-34(48-6)24-20-32)25-35(50-27)36-37(39(44)45)51-38(28-17-21-33(47-5)22-18-28)43(36)40(46)52-41(2,3)4/h7-25,36-38H,26H2,1-6H3,(H,44,45)/t36-,37+,38?/m0/s1. The normalized spacial score (nSPS) is 17.5. The van der Waals surface area contributed by atoms with Gasteiger partial charge < -0.3 is 33.2 Å². The van der Waals surface area contributed by atoms with E-state index in [0.717, 1.165) is 16.7 Å². The molecule has 2 heterocycles. The van der Waals surface area contributed by atoms with Gasteiger partial charge in [-0.2, -0.15) is 0 Å². The number of hydrogen-bond donors (Lipinski definition) is 1. The van der Waals surface area contributed by atoms with E-state index in [-0.39, 0.29) is 12.4 Å². The van der Waals surface area contributed by atoms with E-state index in [0.29, 0.717) is 28.4 Å². The van der Waals surface area contributed by atoms with E-state index in [4.69, 9.17) is 28.1 Å². The van der Waals surface area contributed by atoms with Gasteiger partial charge >= 0.3 is 12.1 Å². The summed E-state index contributed by atoms with van der Waals surface area (Å²) < 4.78 is 36.1. The predicted octanol–water partition coefficient (Wildman–Crippen LogP) is 8.57. The lowest BCUT2D eigenvalue weighted by atomic mass is 9.80. The maximum atomic E-state index is 13.9. The lowest BCUT2D eigenvalue weighted by Gasteiger charge is -2.36. The Bertz CT molecular complexity index is 1930. The molecule has 0 saturated carbocycles. The summed E-state index contributed by atoms with van der Waals surface area (Å²) in [4.78, 5) is 28.0. The molecule has 1 N–H and O–H groups in total. The summed E-state index contributed by atoms with van der Waals surface area (Å²) in [6, 6.07) is 35.1. The Balaban J connectivity index is 1.42. The fourth-order valence-corrected chi connectivity index (χ4v) is 6.52. The Hall–Kier alpha value is -5.58. The smallest absolute Gasteiger partial charge is 0.413 e. The summed E-state index contributed by atoms with van der Waals surface area (Å²) in [6.07, 6.45) is -3.30. The van der Waals surface area contributed by atoms with Gasteiger partial charge in [0.15, 0.2) is 12.3 Å². The maximum Gasteiger partial charge on any atom is 0.413 e. The van der Waals surface area contributed by atoms with Gasteiger partial charge in [-0.1, -0.05) is 84.9 Å². The van der Waals surface area contributed by atoms with Gasteiger partial charge in [0.2, 0.25) is 0 Å². The highest BCUT2D eigenvalue weighted by molar-refractivity contribution is 5.77. The van der Waals surface area contributed by atoms with Gasteiger partial charge in [0.25, 0.3) is 0 Å². The van der Waals surface area contributed by atoms with Crippen molar-refractivity contribution in [2.24, 2.45) is 0 Å². The van der Waals surface area contributed by atoms with Crippen molar-refractivity contribution in [1.82, 2.24) is 4.90 Å². The molecule has 10 heteroatoms. The number of benzene rings is 4. The zero-order chi connectivity index (χ0) is 37.0. The molecule has 0 spiro atoms. The number of carboxylic acids is 1. The number of aryl methyl sites for hydroxylation is 1. The first kappa shape index (κ1) is 36.2. The van der Waals surface area contributed by atoms with Gasteiger partial charge in [-0.25, -0.2) is 9.59 Å². The van der Waals surface area contributed by atoms with Gasteiger partial charge in [0, 0.05) is 11.1 Å². The van der Waals surface area contributed by atoms with Crippen molar-refractivity contribution in [3.05, 3.63) is 155 Å². The van der Waals surface area contributed by atoms with E-state index in [1.807, 2.05) is 84.9 Å². The Kier molecular flexibility index (Phi) is 10.4. The fourth-order valence-electron chi connectivity index (χ4n) is 6.52. The summed E-state index contributed by atoms with van der Waals surface area (Å²) in [6.45, 7) is 7.09. The molecule has 4 aromatic carbocycles. The van der Waals surface area contributed by atoms with Crippen molar-refractivity contribution < 1.29 is 42.8 Å². The third-order valence-electron chi connectivity index (χ3n) is 9.00. The molecule has 1 amide bonds. The van der Waals surface area contributed by atoms with E-state index < -0.39 is 41.6 Å². The molecule has 1 saturated heterocycles. The largest absolute Gasteiger partial charge is 0.497 e. The summed E-state index contributed by atoms with van der Waals surface area (Å²) >= 11 is 0. The molecule has 52 heavy (non-hydrogen) atoms. The molecular formula is C42H43NO9. The molecule has 1 aromatic heterocycles. The first-order valence-electron chi connectivity index (χ1n) is 17.0. The quantitative estimate of drug-likeness (QED) is 0.135. The van der Waals surface area contributed by atoms with Gasteiger partial charge in [0.1, 0.15) is 40.3 Å². The SMILES string of the molecule is COc1ccc(C2O[C@@H](C(=O)O)[C@H](c3cc(COC(c4ccccc4)(c4ccccc4)c4ccc(OC)cc4)c(C)o3)N2C(=O)OC(C)(C)C)cc1. The first-order chi connectivity index (χ1) is 24.9. The zero-order valence-corrected chi connectivity index (χ0v) is 30.1. The van der Waals surface area contributed by atoms with Crippen LogP contribution in [0.25, 0.3) is 0 Å². The van der Waals surface area contributed by atoms with E-state index in [1.54, 1.807) is 72.2 Å². The third kappa shape index (κ3) is 7.26. The highest BCUT2D eigenvalue weighted by Crippen LogP contribution is 2.46. The Morgan fingerprint density at radius 1 is 0.769 bits per heavy atom. The van der Waals surface area contributed by atoms with Crippen LogP contribution in [0.15, 0.2) is 120 Å². The number of ether oxygens (including phenoxy) is 5. The molecule has 6 rings (SSSR count). The minimum absolute atomic E-state index is 0.0742. The van der Waals surface area contributed by atoms with Crippen molar-refractivity contribution in [2.75, 3.05) is 14.2 Å². The van der Waals surface area contributed by atoms with Crippen LogP contribution in [-0.4, -0.2) is 48.0 Å². The molecule has 5 aromatic rings. The van der Waals surface area contributed by atoms with Crippen molar-refractivity contribution in [3.63, 3.8) is 0 Å². The average molecular weight is 706 g/mol. The second-order valence-electron chi connectivity index (χ2n) is 13.5. The van der Waals surface area contributed by atoms with Crippen LogP contribution in [0, 0.1) is 6.92 Å². The highest BCUT2D eigenvalue weighted by atomic mass is 16.6. The summed E-state index contributed by atoms with van der Waals surface area (Å²) in [7, 11) is 3.17. The van der Waals surface area contributed by atoms with E-state index in [2.05, 4.69) is 0 Å². The number of furan rings is 1. The van der Waals surface area contributed by atoms with Crippen molar-refractivity contribution in [2.45, 2.75) is 63.9 Å². The molecule has 1 aliphatic rings. The molecule has 1 fully saturated rings. The monoisotopic (exact) mass is 705 g/mol. The summed E-state index contributed by atoms with van der Waals surface area (Å²) in [5.74, 6) is 0.775. The lowest BCUT2D eigenvalue weighted by molar-refractivity contribution is -0.150. The number of aliphatic carboxylic acids is 1. The van der Waals surface area contributed by atoms with Crippen LogP contribution in [-0.2, 0) is 31.2 Å². The van der Waals surface area contributed by atoms with Crippen LogP contribution in [0.2, 0.25) is 0 Å². The number of methoxy groups -OCH3 is 2. The number of hydrogen-bond acceptors (Lipinski definition) is 8. The Labute approximate surface area is 303 Å². The van der Waals surface area contributed by atoms with Crippen LogP contribution in [0.3, 0.4) is 0 Å². The molecule has 1 unspecified atom stereocenters. The minimum Gasteiger partial charge on any atom is -0.497 e. The first-order valence-corrected chi connectivity index (χ1v) is 17.0. The second-order valence-corrected chi connectivity index (χ2v) is 13.5. The van der Waals surface area contributed by atoms with Crippen LogP contribution in [0.5, 0.6) is 11.5 Å². The van der Waals surface area contributed by atoms with Gasteiger partial charge in [-0.3, -0.25) is 4.90 Å². The van der Waals surface area contributed by atoms with Crippen molar-refractivity contribution >= 4 is 12.1 Å². The van der Waals surface area contributed by atoms with Crippen LogP contribution < -0.4 is 9.47 Å². The Morgan fingerprint density at radius 2 is 1.29 bits per heavy atom. The highest BCUT2D eigenvalue weighted by Gasteiger charge is 2.53. The van der Waals surface area contributed by atoms with Crippen molar-refractivity contribution in [3.8, 4) is 11.5 Å². The van der Waals surface area contributed by atoms with Crippen LogP contribution in [0.1, 0.15) is 72.4 Å². The molecule has 3 atom stereocenters. The Morgan fingerprint density at radius 3 is 1.79 bits per heavy atom. The summed E-state index contributed by atoms with van der Waals surface area (Å²) in [5, 5.41) is 10.4. The summed E-state index contributed by atoms with van der Waals surface area (Å²) in [5.41, 5.74) is 1.97. The molecule has 270 valence electrons. The minimum atomic E-state index is -1.47. The predicted molar refractivity (Wildman–Crippen MR) is 193 cm³/mol.